The summed E-state index contributed by atoms with van der Waals surface area (Å²) in [6.07, 6.45) is 1.95. The van der Waals surface area contributed by atoms with E-state index in [4.69, 9.17) is 9.92 Å². The number of anilines is 3. The SMILES string of the molecule is Cc1cccc(C)c1-c1ccnc(-n2c3ccccc3c3ccc(C(c4ccccc4)(c4ccccc4)c4cccc(N5ON(C(C)C)c6ccccc65)c4)cc32)c1. The Labute approximate surface area is 340 Å². The Morgan fingerprint density at radius 2 is 1.12 bits per heavy atom. The molecule has 0 saturated carbocycles. The number of hydrogen-bond donors (Lipinski definition) is 0. The number of para-hydroxylation sites is 3. The number of hydroxylamine groups is 1. The van der Waals surface area contributed by atoms with Crippen LogP contribution in [0.4, 0.5) is 17.1 Å². The molecule has 0 aliphatic carbocycles. The van der Waals surface area contributed by atoms with Crippen molar-refractivity contribution in [2.24, 2.45) is 0 Å². The van der Waals surface area contributed by atoms with Gasteiger partial charge in [0, 0.05) is 17.0 Å². The van der Waals surface area contributed by atoms with E-state index >= 15 is 0 Å². The van der Waals surface area contributed by atoms with Gasteiger partial charge in [-0.15, -0.1) is 4.94 Å². The van der Waals surface area contributed by atoms with Gasteiger partial charge in [-0.25, -0.2) is 10.0 Å². The fraction of sp³-hybridized carbons (Fsp3) is 0.113. The van der Waals surface area contributed by atoms with E-state index in [-0.39, 0.29) is 6.04 Å². The molecular weight excluding hydrogens is 709 g/mol. The van der Waals surface area contributed by atoms with Crippen molar-refractivity contribution < 1.29 is 4.94 Å². The Morgan fingerprint density at radius 1 is 0.517 bits per heavy atom. The number of rotatable bonds is 8. The van der Waals surface area contributed by atoms with Gasteiger partial charge < -0.3 is 0 Å². The molecule has 10 rings (SSSR count). The molecule has 7 aromatic carbocycles. The third kappa shape index (κ3) is 5.61. The Bertz CT molecular complexity index is 2890. The molecule has 1 aliphatic heterocycles. The minimum Gasteiger partial charge on any atom is -0.294 e. The normalized spacial score (nSPS) is 12.8. The van der Waals surface area contributed by atoms with E-state index < -0.39 is 5.41 Å². The summed E-state index contributed by atoms with van der Waals surface area (Å²) in [5.74, 6) is 0.884. The first kappa shape index (κ1) is 35.5. The van der Waals surface area contributed by atoms with Gasteiger partial charge in [-0.2, -0.15) is 5.06 Å². The second-order valence-electron chi connectivity index (χ2n) is 15.6. The third-order valence-electron chi connectivity index (χ3n) is 11.8. The summed E-state index contributed by atoms with van der Waals surface area (Å²) in [4.78, 5) is 11.7. The maximum atomic E-state index is 6.63. The Kier molecular flexibility index (Phi) is 8.69. The molecule has 1 aliphatic rings. The van der Waals surface area contributed by atoms with Crippen LogP contribution in [-0.2, 0) is 10.4 Å². The number of pyridine rings is 1. The van der Waals surface area contributed by atoms with Crippen LogP contribution < -0.4 is 10.1 Å². The Hall–Kier alpha value is -6.95. The van der Waals surface area contributed by atoms with Crippen molar-refractivity contribution in [1.82, 2.24) is 9.55 Å². The fourth-order valence-electron chi connectivity index (χ4n) is 9.22. The lowest BCUT2D eigenvalue weighted by Crippen LogP contribution is -2.32. The highest BCUT2D eigenvalue weighted by Gasteiger charge is 2.40. The molecule has 3 heterocycles. The van der Waals surface area contributed by atoms with Crippen LogP contribution in [0.15, 0.2) is 188 Å². The predicted octanol–water partition coefficient (Wildman–Crippen LogP) is 13.1. The summed E-state index contributed by atoms with van der Waals surface area (Å²) >= 11 is 0. The molecule has 2 aromatic heterocycles. The number of benzene rings is 7. The topological polar surface area (TPSA) is 33.5 Å². The zero-order valence-electron chi connectivity index (χ0n) is 33.2. The van der Waals surface area contributed by atoms with Crippen LogP contribution in [0.25, 0.3) is 38.8 Å². The van der Waals surface area contributed by atoms with Crippen LogP contribution in [0.1, 0.15) is 47.2 Å². The second-order valence-corrected chi connectivity index (χ2v) is 15.6. The highest BCUT2D eigenvalue weighted by molar-refractivity contribution is 6.09. The van der Waals surface area contributed by atoms with Crippen LogP contribution in [0.3, 0.4) is 0 Å². The lowest BCUT2D eigenvalue weighted by atomic mass is 9.65. The largest absolute Gasteiger partial charge is 0.294 e. The average Bonchev–Trinajstić information content (AvgIpc) is 3.82. The zero-order valence-corrected chi connectivity index (χ0v) is 33.2. The molecule has 282 valence electrons. The highest BCUT2D eigenvalue weighted by Crippen LogP contribution is 2.49. The van der Waals surface area contributed by atoms with Gasteiger partial charge in [0.15, 0.2) is 0 Å². The lowest BCUT2D eigenvalue weighted by molar-refractivity contribution is 0.112. The van der Waals surface area contributed by atoms with Crippen molar-refractivity contribution in [3.05, 3.63) is 222 Å². The molecular formula is C53H44N4O. The fourth-order valence-corrected chi connectivity index (χ4v) is 9.22. The van der Waals surface area contributed by atoms with Crippen LogP contribution >= 0.6 is 0 Å². The lowest BCUT2D eigenvalue weighted by Gasteiger charge is -2.37. The Balaban J connectivity index is 1.24. The van der Waals surface area contributed by atoms with Gasteiger partial charge in [0.05, 0.1) is 39.6 Å². The third-order valence-corrected chi connectivity index (χ3v) is 11.8. The maximum Gasteiger partial charge on any atom is 0.138 e. The standard InChI is InChI=1S/C53H44N4O/c1-36(2)56-48-27-13-14-28-49(48)57(58-56)44-24-16-23-42(34-44)53(40-19-7-5-8-20-40,41-21-9-6-10-22-41)43-29-30-46-45-25-11-12-26-47(45)55(50(46)35-43)51-33-39(31-32-54-51)52-37(3)17-15-18-38(52)4/h5-36H,1-4H3. The molecule has 0 saturated heterocycles. The summed E-state index contributed by atoms with van der Waals surface area (Å²) in [6.45, 7) is 8.67. The smallest absolute Gasteiger partial charge is 0.138 e. The molecule has 0 N–H and O–H groups in total. The Morgan fingerprint density at radius 3 is 1.84 bits per heavy atom. The van der Waals surface area contributed by atoms with E-state index in [2.05, 4.69) is 214 Å². The van der Waals surface area contributed by atoms with Gasteiger partial charge in [0.2, 0.25) is 0 Å². The van der Waals surface area contributed by atoms with Crippen LogP contribution in [0, 0.1) is 13.8 Å². The van der Waals surface area contributed by atoms with Gasteiger partial charge in [-0.05, 0) is 121 Å². The average molecular weight is 753 g/mol. The number of hydrogen-bond acceptors (Lipinski definition) is 4. The van der Waals surface area contributed by atoms with Gasteiger partial charge in [-0.3, -0.25) is 4.57 Å². The van der Waals surface area contributed by atoms with E-state index in [1.807, 2.05) is 16.3 Å². The molecule has 0 atom stereocenters. The van der Waals surface area contributed by atoms with E-state index in [1.165, 1.54) is 38.6 Å². The number of fused-ring (bicyclic) bond motifs is 4. The molecule has 58 heavy (non-hydrogen) atoms. The van der Waals surface area contributed by atoms with Gasteiger partial charge in [0.25, 0.3) is 0 Å². The minimum absolute atomic E-state index is 0.150. The molecule has 0 fully saturated rings. The molecule has 5 heteroatoms. The predicted molar refractivity (Wildman–Crippen MR) is 239 cm³/mol. The minimum atomic E-state index is -0.710. The van der Waals surface area contributed by atoms with E-state index in [9.17, 15) is 0 Å². The molecule has 0 amide bonds. The number of aromatic nitrogens is 2. The van der Waals surface area contributed by atoms with Gasteiger partial charge in [0.1, 0.15) is 5.82 Å². The maximum absolute atomic E-state index is 6.63. The summed E-state index contributed by atoms with van der Waals surface area (Å²) < 4.78 is 2.35. The molecule has 0 radical (unpaired) electrons. The quantitative estimate of drug-likeness (QED) is 0.145. The monoisotopic (exact) mass is 752 g/mol. The molecule has 5 nitrogen and oxygen atoms in total. The highest BCUT2D eigenvalue weighted by atomic mass is 16.8. The van der Waals surface area contributed by atoms with Gasteiger partial charge >= 0.3 is 0 Å². The van der Waals surface area contributed by atoms with Crippen LogP contribution in [0.2, 0.25) is 0 Å². The van der Waals surface area contributed by atoms with Crippen LogP contribution in [-0.4, -0.2) is 15.6 Å². The molecule has 9 aromatic rings. The zero-order chi connectivity index (χ0) is 39.4. The van der Waals surface area contributed by atoms with E-state index in [0.717, 1.165) is 50.6 Å². The number of aryl methyl sites for hydroxylation is 2. The molecule has 0 bridgehead atoms. The van der Waals surface area contributed by atoms with Crippen molar-refractivity contribution in [3.8, 4) is 16.9 Å². The first-order chi connectivity index (χ1) is 28.4. The molecule has 0 spiro atoms. The van der Waals surface area contributed by atoms with Gasteiger partial charge in [-0.1, -0.05) is 133 Å². The summed E-state index contributed by atoms with van der Waals surface area (Å²) in [5.41, 5.74) is 14.0. The van der Waals surface area contributed by atoms with Crippen LogP contribution in [0.5, 0.6) is 0 Å². The van der Waals surface area contributed by atoms with Crippen molar-refractivity contribution in [2.75, 3.05) is 10.1 Å². The van der Waals surface area contributed by atoms with Crippen molar-refractivity contribution in [2.45, 2.75) is 39.2 Å². The van der Waals surface area contributed by atoms with E-state index in [1.54, 1.807) is 0 Å². The van der Waals surface area contributed by atoms with Crippen molar-refractivity contribution in [3.63, 3.8) is 0 Å². The number of nitrogens with zero attached hydrogens (tertiary/aromatic N) is 4. The van der Waals surface area contributed by atoms with Crippen molar-refractivity contribution >= 4 is 38.9 Å². The molecule has 0 unspecified atom stereocenters. The second kappa shape index (κ2) is 14.2. The van der Waals surface area contributed by atoms with E-state index in [0.29, 0.717) is 0 Å². The summed E-state index contributed by atoms with van der Waals surface area (Å²) in [6, 6.07) is 65.8. The summed E-state index contributed by atoms with van der Waals surface area (Å²) in [5, 5.41) is 6.32. The first-order valence-electron chi connectivity index (χ1n) is 20.1. The first-order valence-corrected chi connectivity index (χ1v) is 20.1. The van der Waals surface area contributed by atoms with Crippen molar-refractivity contribution in [1.29, 1.82) is 0 Å². The summed E-state index contributed by atoms with van der Waals surface area (Å²) in [7, 11) is 0.